The number of aliphatic imine (C=N–C) groups is 1. The van der Waals surface area contributed by atoms with Gasteiger partial charge in [-0.3, -0.25) is 9.69 Å². The van der Waals surface area contributed by atoms with Crippen LogP contribution in [0.2, 0.25) is 0 Å². The molecule has 2 aromatic rings. The average molecular weight is 272 g/mol. The summed E-state index contributed by atoms with van der Waals surface area (Å²) in [5, 5.41) is 0.729. The van der Waals surface area contributed by atoms with E-state index in [0.717, 1.165) is 16.6 Å². The van der Waals surface area contributed by atoms with Crippen molar-refractivity contribution in [3.05, 3.63) is 54.5 Å². The van der Waals surface area contributed by atoms with Gasteiger partial charge in [0.1, 0.15) is 5.76 Å². The first kappa shape index (κ1) is 12.0. The molecular formula is C14H12N2O2S. The molecule has 1 aromatic carbocycles. The van der Waals surface area contributed by atoms with Crippen molar-refractivity contribution < 1.29 is 9.21 Å². The van der Waals surface area contributed by atoms with Crippen molar-refractivity contribution >= 4 is 28.5 Å². The average Bonchev–Trinajstić information content (AvgIpc) is 3.05. The molecule has 0 bridgehead atoms. The minimum atomic E-state index is 0.0658. The van der Waals surface area contributed by atoms with Crippen LogP contribution in [0.1, 0.15) is 5.76 Å². The third kappa shape index (κ3) is 2.71. The van der Waals surface area contributed by atoms with Gasteiger partial charge < -0.3 is 4.42 Å². The molecule has 0 saturated carbocycles. The van der Waals surface area contributed by atoms with Gasteiger partial charge >= 0.3 is 0 Å². The van der Waals surface area contributed by atoms with Gasteiger partial charge in [0.25, 0.3) is 0 Å². The van der Waals surface area contributed by atoms with E-state index in [-0.39, 0.29) is 5.91 Å². The van der Waals surface area contributed by atoms with Crippen LogP contribution in [0.25, 0.3) is 0 Å². The highest BCUT2D eigenvalue weighted by Gasteiger charge is 2.28. The lowest BCUT2D eigenvalue weighted by molar-refractivity contribution is -0.124. The number of hydrogen-bond donors (Lipinski definition) is 0. The SMILES string of the molecule is O=C1CSC(=Nc2ccccc2)N1Cc1ccco1. The van der Waals surface area contributed by atoms with E-state index in [2.05, 4.69) is 4.99 Å². The van der Waals surface area contributed by atoms with Crippen molar-refractivity contribution in [1.82, 2.24) is 4.90 Å². The monoisotopic (exact) mass is 272 g/mol. The van der Waals surface area contributed by atoms with E-state index < -0.39 is 0 Å². The number of carbonyl (C=O) groups excluding carboxylic acids is 1. The molecule has 0 unspecified atom stereocenters. The summed E-state index contributed by atoms with van der Waals surface area (Å²) < 4.78 is 5.28. The Labute approximate surface area is 115 Å². The first-order chi connectivity index (χ1) is 9.33. The van der Waals surface area contributed by atoms with Crippen LogP contribution in [0.5, 0.6) is 0 Å². The van der Waals surface area contributed by atoms with Crippen molar-refractivity contribution in [3.8, 4) is 0 Å². The lowest BCUT2D eigenvalue weighted by atomic mass is 10.3. The highest BCUT2D eigenvalue weighted by atomic mass is 32.2. The molecule has 5 heteroatoms. The van der Waals surface area contributed by atoms with E-state index in [1.165, 1.54) is 11.8 Å². The van der Waals surface area contributed by atoms with Crippen molar-refractivity contribution in [3.63, 3.8) is 0 Å². The van der Waals surface area contributed by atoms with E-state index in [0.29, 0.717) is 12.3 Å². The molecule has 3 rings (SSSR count). The molecule has 1 amide bonds. The Morgan fingerprint density at radius 3 is 2.79 bits per heavy atom. The molecule has 1 saturated heterocycles. The van der Waals surface area contributed by atoms with E-state index in [1.807, 2.05) is 42.5 Å². The summed E-state index contributed by atoms with van der Waals surface area (Å²) in [6.07, 6.45) is 1.61. The smallest absolute Gasteiger partial charge is 0.239 e. The number of rotatable bonds is 3. The zero-order chi connectivity index (χ0) is 13.1. The molecule has 19 heavy (non-hydrogen) atoms. The normalized spacial score (nSPS) is 17.4. The Kier molecular flexibility index (Phi) is 3.37. The summed E-state index contributed by atoms with van der Waals surface area (Å²) in [7, 11) is 0. The fraction of sp³-hybridized carbons (Fsp3) is 0.143. The van der Waals surface area contributed by atoms with E-state index in [9.17, 15) is 4.79 Å². The van der Waals surface area contributed by atoms with Crippen molar-refractivity contribution in [2.75, 3.05) is 5.75 Å². The van der Waals surface area contributed by atoms with Gasteiger partial charge in [-0.2, -0.15) is 0 Å². The first-order valence-corrected chi connectivity index (χ1v) is 6.91. The molecule has 2 heterocycles. The summed E-state index contributed by atoms with van der Waals surface area (Å²) in [4.78, 5) is 18.1. The summed E-state index contributed by atoms with van der Waals surface area (Å²) in [5.41, 5.74) is 0.851. The van der Waals surface area contributed by atoms with Crippen LogP contribution in [0.15, 0.2) is 58.1 Å². The van der Waals surface area contributed by atoms with E-state index >= 15 is 0 Å². The number of amides is 1. The number of para-hydroxylation sites is 1. The fourth-order valence-electron chi connectivity index (χ4n) is 1.81. The Morgan fingerprint density at radius 2 is 2.05 bits per heavy atom. The predicted octanol–water partition coefficient (Wildman–Crippen LogP) is 3.04. The summed E-state index contributed by atoms with van der Waals surface area (Å²) in [6, 6.07) is 13.3. The van der Waals surface area contributed by atoms with Crippen molar-refractivity contribution in [1.29, 1.82) is 0 Å². The van der Waals surface area contributed by atoms with Crippen LogP contribution in [-0.2, 0) is 11.3 Å². The summed E-state index contributed by atoms with van der Waals surface area (Å²) >= 11 is 1.46. The van der Waals surface area contributed by atoms with Crippen LogP contribution in [-0.4, -0.2) is 21.7 Å². The van der Waals surface area contributed by atoms with Gasteiger partial charge in [0.2, 0.25) is 5.91 Å². The minimum Gasteiger partial charge on any atom is -0.467 e. The minimum absolute atomic E-state index is 0.0658. The van der Waals surface area contributed by atoms with E-state index in [4.69, 9.17) is 4.42 Å². The third-order valence-corrected chi connectivity index (χ3v) is 3.69. The Balaban J connectivity index is 1.84. The lowest BCUT2D eigenvalue weighted by Gasteiger charge is -2.14. The number of carbonyl (C=O) groups is 1. The lowest BCUT2D eigenvalue weighted by Crippen LogP contribution is -2.28. The molecule has 96 valence electrons. The molecule has 0 N–H and O–H groups in total. The third-order valence-electron chi connectivity index (χ3n) is 2.73. The highest BCUT2D eigenvalue weighted by Crippen LogP contribution is 2.25. The van der Waals surface area contributed by atoms with Crippen molar-refractivity contribution in [2.24, 2.45) is 4.99 Å². The van der Waals surface area contributed by atoms with E-state index in [1.54, 1.807) is 11.2 Å². The Morgan fingerprint density at radius 1 is 1.21 bits per heavy atom. The van der Waals surface area contributed by atoms with Gasteiger partial charge in [-0.25, -0.2) is 4.99 Å². The van der Waals surface area contributed by atoms with Crippen LogP contribution in [0.4, 0.5) is 5.69 Å². The first-order valence-electron chi connectivity index (χ1n) is 5.92. The van der Waals surface area contributed by atoms with Gasteiger partial charge in [0, 0.05) is 0 Å². The number of thioether (sulfide) groups is 1. The second kappa shape index (κ2) is 5.32. The second-order valence-corrected chi connectivity index (χ2v) is 5.02. The number of furan rings is 1. The predicted molar refractivity (Wildman–Crippen MR) is 75.3 cm³/mol. The van der Waals surface area contributed by atoms with Crippen LogP contribution in [0, 0.1) is 0 Å². The maximum absolute atomic E-state index is 11.9. The molecule has 0 radical (unpaired) electrons. The van der Waals surface area contributed by atoms with Crippen LogP contribution in [0.3, 0.4) is 0 Å². The number of amidine groups is 1. The fourth-order valence-corrected chi connectivity index (χ4v) is 2.71. The molecule has 0 aliphatic carbocycles. The largest absolute Gasteiger partial charge is 0.467 e. The highest BCUT2D eigenvalue weighted by molar-refractivity contribution is 8.15. The Bertz CT molecular complexity index is 593. The molecule has 1 aromatic heterocycles. The number of hydrogen-bond acceptors (Lipinski definition) is 4. The van der Waals surface area contributed by atoms with Crippen LogP contribution < -0.4 is 0 Å². The van der Waals surface area contributed by atoms with Gasteiger partial charge in [-0.15, -0.1) is 0 Å². The quantitative estimate of drug-likeness (QED) is 0.862. The molecule has 0 atom stereocenters. The van der Waals surface area contributed by atoms with Gasteiger partial charge in [0.15, 0.2) is 5.17 Å². The van der Waals surface area contributed by atoms with Crippen molar-refractivity contribution in [2.45, 2.75) is 6.54 Å². The van der Waals surface area contributed by atoms with Gasteiger partial charge in [0.05, 0.1) is 24.2 Å². The molecular weight excluding hydrogens is 260 g/mol. The number of nitrogens with zero attached hydrogens (tertiary/aromatic N) is 2. The van der Waals surface area contributed by atoms with Crippen LogP contribution >= 0.6 is 11.8 Å². The maximum Gasteiger partial charge on any atom is 0.239 e. The standard InChI is InChI=1S/C14H12N2O2S/c17-13-10-19-14(15-11-5-2-1-3-6-11)16(13)9-12-7-4-8-18-12/h1-8H,9-10H2. The molecule has 0 spiro atoms. The summed E-state index contributed by atoms with van der Waals surface area (Å²) in [6.45, 7) is 0.435. The molecule has 1 fully saturated rings. The second-order valence-electron chi connectivity index (χ2n) is 4.08. The van der Waals surface area contributed by atoms with Gasteiger partial charge in [-0.05, 0) is 24.3 Å². The molecule has 1 aliphatic heterocycles. The van der Waals surface area contributed by atoms with Gasteiger partial charge in [-0.1, -0.05) is 30.0 Å². The zero-order valence-corrected chi connectivity index (χ0v) is 11.0. The molecule has 1 aliphatic rings. The zero-order valence-electron chi connectivity index (χ0n) is 10.2. The topological polar surface area (TPSA) is 45.8 Å². The molecule has 4 nitrogen and oxygen atoms in total. The number of benzene rings is 1. The Hall–Kier alpha value is -2.01. The maximum atomic E-state index is 11.9. The summed E-state index contributed by atoms with van der Waals surface area (Å²) in [5.74, 6) is 1.26.